The molecule has 2 aromatic carbocycles. The predicted octanol–water partition coefficient (Wildman–Crippen LogP) is 3.45. The second-order valence-electron chi connectivity index (χ2n) is 4.55. The SMILES string of the molecule is CCc1ccc(-n2c(N)nc3ccc(F)c(F)c32)cc1. The number of nitrogens with two attached hydrogens (primary N) is 1. The summed E-state index contributed by atoms with van der Waals surface area (Å²) in [6.07, 6.45) is 0.906. The Kier molecular flexibility index (Phi) is 2.89. The maximum Gasteiger partial charge on any atom is 0.206 e. The van der Waals surface area contributed by atoms with Crippen LogP contribution in [0.2, 0.25) is 0 Å². The summed E-state index contributed by atoms with van der Waals surface area (Å²) in [4.78, 5) is 4.07. The lowest BCUT2D eigenvalue weighted by atomic mass is 10.1. The highest BCUT2D eigenvalue weighted by Gasteiger charge is 2.17. The third-order valence-corrected chi connectivity index (χ3v) is 3.34. The quantitative estimate of drug-likeness (QED) is 0.777. The Morgan fingerprint density at radius 1 is 1.10 bits per heavy atom. The van der Waals surface area contributed by atoms with Gasteiger partial charge in [-0.05, 0) is 36.2 Å². The first-order valence-electron chi connectivity index (χ1n) is 6.33. The minimum absolute atomic E-state index is 0.0618. The van der Waals surface area contributed by atoms with E-state index in [1.807, 2.05) is 31.2 Å². The van der Waals surface area contributed by atoms with Crippen molar-refractivity contribution in [1.29, 1.82) is 0 Å². The van der Waals surface area contributed by atoms with Gasteiger partial charge in [0.1, 0.15) is 5.52 Å². The molecule has 20 heavy (non-hydrogen) atoms. The van der Waals surface area contributed by atoms with Crippen LogP contribution in [-0.4, -0.2) is 9.55 Å². The molecule has 0 aliphatic rings. The van der Waals surface area contributed by atoms with Crippen molar-refractivity contribution in [3.63, 3.8) is 0 Å². The van der Waals surface area contributed by atoms with Gasteiger partial charge >= 0.3 is 0 Å². The summed E-state index contributed by atoms with van der Waals surface area (Å²) in [7, 11) is 0. The fraction of sp³-hybridized carbons (Fsp3) is 0.133. The van der Waals surface area contributed by atoms with Crippen LogP contribution >= 0.6 is 0 Å². The molecule has 0 amide bonds. The van der Waals surface area contributed by atoms with Crippen LogP contribution in [0.15, 0.2) is 36.4 Å². The second kappa shape index (κ2) is 4.59. The van der Waals surface area contributed by atoms with E-state index in [-0.39, 0.29) is 11.5 Å². The topological polar surface area (TPSA) is 43.8 Å². The average Bonchev–Trinajstić information content (AvgIpc) is 2.80. The molecule has 2 N–H and O–H groups in total. The lowest BCUT2D eigenvalue weighted by Gasteiger charge is -2.08. The van der Waals surface area contributed by atoms with Gasteiger partial charge in [0.15, 0.2) is 11.6 Å². The molecule has 1 heterocycles. The Labute approximate surface area is 114 Å². The molecule has 0 aliphatic carbocycles. The third kappa shape index (κ3) is 1.82. The van der Waals surface area contributed by atoms with Gasteiger partial charge in [0.2, 0.25) is 5.95 Å². The van der Waals surface area contributed by atoms with Crippen LogP contribution in [0.3, 0.4) is 0 Å². The molecule has 0 atom stereocenters. The highest BCUT2D eigenvalue weighted by atomic mass is 19.2. The summed E-state index contributed by atoms with van der Waals surface area (Å²) in [5.41, 5.74) is 8.05. The van der Waals surface area contributed by atoms with E-state index in [2.05, 4.69) is 4.98 Å². The van der Waals surface area contributed by atoms with E-state index in [1.54, 1.807) is 0 Å². The molecule has 1 aromatic heterocycles. The van der Waals surface area contributed by atoms with Crippen molar-refractivity contribution in [2.45, 2.75) is 13.3 Å². The smallest absolute Gasteiger partial charge is 0.206 e. The van der Waals surface area contributed by atoms with E-state index >= 15 is 0 Å². The molecule has 0 saturated carbocycles. The van der Waals surface area contributed by atoms with Crippen LogP contribution < -0.4 is 5.73 Å². The number of fused-ring (bicyclic) bond motifs is 1. The zero-order valence-corrected chi connectivity index (χ0v) is 10.9. The lowest BCUT2D eigenvalue weighted by Crippen LogP contribution is -2.02. The summed E-state index contributed by atoms with van der Waals surface area (Å²) < 4.78 is 28.9. The van der Waals surface area contributed by atoms with Crippen LogP contribution in [0, 0.1) is 11.6 Å². The molecule has 3 rings (SSSR count). The molecule has 0 fully saturated rings. The number of anilines is 1. The normalized spacial score (nSPS) is 11.2. The number of hydrogen-bond acceptors (Lipinski definition) is 2. The molecule has 0 unspecified atom stereocenters. The minimum atomic E-state index is -0.939. The Balaban J connectivity index is 2.29. The van der Waals surface area contributed by atoms with Gasteiger partial charge in [0.25, 0.3) is 0 Å². The highest BCUT2D eigenvalue weighted by molar-refractivity contribution is 5.81. The van der Waals surface area contributed by atoms with Crippen LogP contribution in [-0.2, 0) is 6.42 Å². The van der Waals surface area contributed by atoms with E-state index in [4.69, 9.17) is 5.73 Å². The summed E-state index contributed by atoms with van der Waals surface area (Å²) in [6.45, 7) is 2.05. The number of imidazole rings is 1. The van der Waals surface area contributed by atoms with Crippen LogP contribution in [0.5, 0.6) is 0 Å². The summed E-state index contributed by atoms with van der Waals surface area (Å²) in [5, 5.41) is 0. The van der Waals surface area contributed by atoms with Gasteiger partial charge in [0.05, 0.1) is 5.52 Å². The zero-order chi connectivity index (χ0) is 14.3. The van der Waals surface area contributed by atoms with Crippen molar-refractivity contribution in [1.82, 2.24) is 9.55 Å². The van der Waals surface area contributed by atoms with E-state index in [0.29, 0.717) is 11.2 Å². The Bertz CT molecular complexity index is 776. The molecule has 3 nitrogen and oxygen atoms in total. The van der Waals surface area contributed by atoms with Gasteiger partial charge in [-0.15, -0.1) is 0 Å². The van der Waals surface area contributed by atoms with Gasteiger partial charge < -0.3 is 5.73 Å². The van der Waals surface area contributed by atoms with E-state index in [1.165, 1.54) is 10.6 Å². The third-order valence-electron chi connectivity index (χ3n) is 3.34. The van der Waals surface area contributed by atoms with Gasteiger partial charge in [-0.3, -0.25) is 4.57 Å². The van der Waals surface area contributed by atoms with E-state index in [9.17, 15) is 8.78 Å². The van der Waals surface area contributed by atoms with Crippen LogP contribution in [0.1, 0.15) is 12.5 Å². The molecule has 102 valence electrons. The van der Waals surface area contributed by atoms with Crippen LogP contribution in [0.25, 0.3) is 16.7 Å². The maximum absolute atomic E-state index is 14.0. The van der Waals surface area contributed by atoms with Gasteiger partial charge in [-0.2, -0.15) is 0 Å². The highest BCUT2D eigenvalue weighted by Crippen LogP contribution is 2.26. The molecule has 0 radical (unpaired) electrons. The number of aromatic nitrogens is 2. The number of nitrogen functional groups attached to an aromatic ring is 1. The van der Waals surface area contributed by atoms with Gasteiger partial charge in [0, 0.05) is 5.69 Å². The van der Waals surface area contributed by atoms with Crippen molar-refractivity contribution in [2.24, 2.45) is 0 Å². The zero-order valence-electron chi connectivity index (χ0n) is 10.9. The second-order valence-corrected chi connectivity index (χ2v) is 4.55. The Morgan fingerprint density at radius 2 is 1.80 bits per heavy atom. The van der Waals surface area contributed by atoms with Gasteiger partial charge in [-0.1, -0.05) is 19.1 Å². The Hall–Kier alpha value is -2.43. The predicted molar refractivity (Wildman–Crippen MR) is 74.8 cm³/mol. The number of benzene rings is 2. The number of aryl methyl sites for hydroxylation is 1. The molecule has 0 bridgehead atoms. The monoisotopic (exact) mass is 273 g/mol. The number of hydrogen-bond donors (Lipinski definition) is 1. The summed E-state index contributed by atoms with van der Waals surface area (Å²) in [5.74, 6) is -1.72. The number of rotatable bonds is 2. The largest absolute Gasteiger partial charge is 0.369 e. The summed E-state index contributed by atoms with van der Waals surface area (Å²) >= 11 is 0. The average molecular weight is 273 g/mol. The first kappa shape index (κ1) is 12.6. The first-order chi connectivity index (χ1) is 9.61. The molecule has 0 aliphatic heterocycles. The molecule has 3 aromatic rings. The number of nitrogens with zero attached hydrogens (tertiary/aromatic N) is 2. The minimum Gasteiger partial charge on any atom is -0.369 e. The van der Waals surface area contributed by atoms with Crippen molar-refractivity contribution in [3.8, 4) is 5.69 Å². The summed E-state index contributed by atoms with van der Waals surface area (Å²) in [6, 6.07) is 9.96. The lowest BCUT2D eigenvalue weighted by molar-refractivity contribution is 0.514. The van der Waals surface area contributed by atoms with E-state index < -0.39 is 11.6 Å². The molecular formula is C15H13F2N3. The van der Waals surface area contributed by atoms with Gasteiger partial charge in [-0.25, -0.2) is 13.8 Å². The first-order valence-corrected chi connectivity index (χ1v) is 6.33. The maximum atomic E-state index is 14.0. The molecule has 0 spiro atoms. The van der Waals surface area contributed by atoms with Crippen molar-refractivity contribution >= 4 is 17.0 Å². The van der Waals surface area contributed by atoms with Crippen LogP contribution in [0.4, 0.5) is 14.7 Å². The fourth-order valence-corrected chi connectivity index (χ4v) is 2.26. The molecule has 5 heteroatoms. The Morgan fingerprint density at radius 3 is 2.45 bits per heavy atom. The fourth-order valence-electron chi connectivity index (χ4n) is 2.26. The van der Waals surface area contributed by atoms with Crippen molar-refractivity contribution in [2.75, 3.05) is 5.73 Å². The number of halogens is 2. The standard InChI is InChI=1S/C15H13F2N3/c1-2-9-3-5-10(6-4-9)20-14-12(19-15(20)18)8-7-11(16)13(14)17/h3-8H,2H2,1H3,(H2,18,19). The van der Waals surface area contributed by atoms with E-state index in [0.717, 1.165) is 18.1 Å². The van der Waals surface area contributed by atoms with Crippen molar-refractivity contribution in [3.05, 3.63) is 53.6 Å². The molecular weight excluding hydrogens is 260 g/mol. The van der Waals surface area contributed by atoms with Crippen molar-refractivity contribution < 1.29 is 8.78 Å². The molecule has 0 saturated heterocycles.